The van der Waals surface area contributed by atoms with Gasteiger partial charge in [-0.2, -0.15) is 4.98 Å². The number of hydrogen-bond donors (Lipinski definition) is 1. The van der Waals surface area contributed by atoms with Crippen molar-refractivity contribution < 1.29 is 9.26 Å². The Balaban J connectivity index is 1.57. The van der Waals surface area contributed by atoms with Gasteiger partial charge in [-0.1, -0.05) is 5.16 Å². The molecule has 0 aromatic carbocycles. The summed E-state index contributed by atoms with van der Waals surface area (Å²) in [4.78, 5) is 4.31. The standard InChI is InChI=1S/C10H15N3O2/c1-2-8(1)11-10-12-9(13-15-10)5-7-3-4-14-6-7/h7-8H,1-6H2,(H,11,12,13). The van der Waals surface area contributed by atoms with Crippen molar-refractivity contribution in [2.24, 2.45) is 5.92 Å². The van der Waals surface area contributed by atoms with Gasteiger partial charge in [0.1, 0.15) is 0 Å². The first kappa shape index (κ1) is 9.15. The monoisotopic (exact) mass is 209 g/mol. The molecule has 0 amide bonds. The number of nitrogens with zero attached hydrogens (tertiary/aromatic N) is 2. The maximum Gasteiger partial charge on any atom is 0.321 e. The van der Waals surface area contributed by atoms with Crippen molar-refractivity contribution in [1.29, 1.82) is 0 Å². The Labute approximate surface area is 88.2 Å². The van der Waals surface area contributed by atoms with Gasteiger partial charge in [-0.3, -0.25) is 0 Å². The van der Waals surface area contributed by atoms with Crippen LogP contribution in [0.25, 0.3) is 0 Å². The number of ether oxygens (including phenoxy) is 1. The Morgan fingerprint density at radius 3 is 3.00 bits per heavy atom. The van der Waals surface area contributed by atoms with Crippen LogP contribution in [0.5, 0.6) is 0 Å². The minimum Gasteiger partial charge on any atom is -0.381 e. The van der Waals surface area contributed by atoms with E-state index in [9.17, 15) is 0 Å². The first-order valence-electron chi connectivity index (χ1n) is 5.57. The van der Waals surface area contributed by atoms with Crippen molar-refractivity contribution in [3.8, 4) is 0 Å². The molecule has 0 bridgehead atoms. The van der Waals surface area contributed by atoms with E-state index in [1.165, 1.54) is 12.8 Å². The van der Waals surface area contributed by atoms with Crippen LogP contribution in [0.2, 0.25) is 0 Å². The zero-order chi connectivity index (χ0) is 10.1. The van der Waals surface area contributed by atoms with Gasteiger partial charge in [-0.15, -0.1) is 0 Å². The summed E-state index contributed by atoms with van der Waals surface area (Å²) in [6.45, 7) is 1.70. The zero-order valence-corrected chi connectivity index (χ0v) is 8.61. The molecule has 5 heteroatoms. The van der Waals surface area contributed by atoms with E-state index in [-0.39, 0.29) is 0 Å². The molecule has 15 heavy (non-hydrogen) atoms. The molecule has 0 radical (unpaired) electrons. The third-order valence-corrected chi connectivity index (χ3v) is 2.87. The lowest BCUT2D eigenvalue weighted by atomic mass is 10.1. The van der Waals surface area contributed by atoms with Gasteiger partial charge in [0.2, 0.25) is 0 Å². The van der Waals surface area contributed by atoms with E-state index >= 15 is 0 Å². The summed E-state index contributed by atoms with van der Waals surface area (Å²) in [7, 11) is 0. The van der Waals surface area contributed by atoms with E-state index in [4.69, 9.17) is 9.26 Å². The molecule has 5 nitrogen and oxygen atoms in total. The minimum absolute atomic E-state index is 0.563. The second-order valence-corrected chi connectivity index (χ2v) is 4.37. The smallest absolute Gasteiger partial charge is 0.321 e. The number of nitrogens with one attached hydrogen (secondary N) is 1. The topological polar surface area (TPSA) is 60.2 Å². The highest BCUT2D eigenvalue weighted by Gasteiger charge is 2.24. The summed E-state index contributed by atoms with van der Waals surface area (Å²) in [5, 5.41) is 7.15. The average Bonchev–Trinajstić information content (AvgIpc) is 2.74. The van der Waals surface area contributed by atoms with Gasteiger partial charge in [0.25, 0.3) is 0 Å². The van der Waals surface area contributed by atoms with Crippen LogP contribution in [0.3, 0.4) is 0 Å². The van der Waals surface area contributed by atoms with Gasteiger partial charge in [-0.25, -0.2) is 0 Å². The van der Waals surface area contributed by atoms with Crippen LogP contribution < -0.4 is 5.32 Å². The molecule has 2 aliphatic rings. The Bertz CT molecular complexity index is 329. The van der Waals surface area contributed by atoms with Crippen LogP contribution in [0.15, 0.2) is 4.52 Å². The molecular formula is C10H15N3O2. The summed E-state index contributed by atoms with van der Waals surface area (Å²) in [5.74, 6) is 1.37. The van der Waals surface area contributed by atoms with E-state index in [0.29, 0.717) is 18.0 Å². The third-order valence-electron chi connectivity index (χ3n) is 2.87. The largest absolute Gasteiger partial charge is 0.381 e. The van der Waals surface area contributed by atoms with E-state index in [1.807, 2.05) is 0 Å². The summed E-state index contributed by atoms with van der Waals surface area (Å²) in [6.07, 6.45) is 4.41. The highest BCUT2D eigenvalue weighted by atomic mass is 16.5. The third kappa shape index (κ3) is 2.28. The van der Waals surface area contributed by atoms with Crippen molar-refractivity contribution >= 4 is 6.01 Å². The zero-order valence-electron chi connectivity index (χ0n) is 8.61. The molecule has 1 aromatic rings. The number of hydrogen-bond acceptors (Lipinski definition) is 5. The van der Waals surface area contributed by atoms with Crippen LogP contribution in [0.1, 0.15) is 25.1 Å². The molecule has 1 aliphatic carbocycles. The molecule has 1 atom stereocenters. The summed E-state index contributed by atoms with van der Waals surface area (Å²) >= 11 is 0. The normalized spacial score (nSPS) is 25.7. The fourth-order valence-corrected chi connectivity index (χ4v) is 1.80. The van der Waals surface area contributed by atoms with Gasteiger partial charge >= 0.3 is 6.01 Å². The van der Waals surface area contributed by atoms with E-state index in [0.717, 1.165) is 31.9 Å². The minimum atomic E-state index is 0.563. The molecule has 1 aliphatic heterocycles. The van der Waals surface area contributed by atoms with Crippen LogP contribution in [-0.4, -0.2) is 29.4 Å². The summed E-state index contributed by atoms with van der Waals surface area (Å²) in [6, 6.07) is 1.14. The summed E-state index contributed by atoms with van der Waals surface area (Å²) < 4.78 is 10.4. The fourth-order valence-electron chi connectivity index (χ4n) is 1.80. The molecule has 1 unspecified atom stereocenters. The second kappa shape index (κ2) is 3.81. The second-order valence-electron chi connectivity index (χ2n) is 4.37. The van der Waals surface area contributed by atoms with Crippen LogP contribution >= 0.6 is 0 Å². The molecule has 2 fully saturated rings. The lowest BCUT2D eigenvalue weighted by Crippen LogP contribution is -2.05. The van der Waals surface area contributed by atoms with Gasteiger partial charge < -0.3 is 14.6 Å². The molecule has 1 saturated carbocycles. The van der Waals surface area contributed by atoms with E-state index < -0.39 is 0 Å². The van der Waals surface area contributed by atoms with Gasteiger partial charge in [-0.05, 0) is 25.2 Å². The molecular weight excluding hydrogens is 194 g/mol. The molecule has 3 rings (SSSR count). The first-order chi connectivity index (χ1) is 7.40. The molecule has 0 spiro atoms. The van der Waals surface area contributed by atoms with Crippen molar-refractivity contribution in [3.05, 3.63) is 5.82 Å². The maximum absolute atomic E-state index is 5.31. The van der Waals surface area contributed by atoms with Crippen LogP contribution in [0, 0.1) is 5.92 Å². The Morgan fingerprint density at radius 2 is 2.27 bits per heavy atom. The lowest BCUT2D eigenvalue weighted by molar-refractivity contribution is 0.185. The molecule has 2 heterocycles. The molecule has 1 N–H and O–H groups in total. The molecule has 1 aromatic heterocycles. The van der Waals surface area contributed by atoms with Crippen molar-refractivity contribution in [2.75, 3.05) is 18.5 Å². The summed E-state index contributed by atoms with van der Waals surface area (Å²) in [5.41, 5.74) is 0. The van der Waals surface area contributed by atoms with E-state index in [2.05, 4.69) is 15.5 Å². The highest BCUT2D eigenvalue weighted by Crippen LogP contribution is 2.24. The quantitative estimate of drug-likeness (QED) is 0.808. The lowest BCUT2D eigenvalue weighted by Gasteiger charge is -2.00. The maximum atomic E-state index is 5.31. The van der Waals surface area contributed by atoms with Crippen molar-refractivity contribution in [1.82, 2.24) is 10.1 Å². The van der Waals surface area contributed by atoms with Gasteiger partial charge in [0.05, 0.1) is 0 Å². The number of aromatic nitrogens is 2. The SMILES string of the molecule is C1CC(Cc2noc(NC3CC3)n2)CO1. The Morgan fingerprint density at radius 1 is 1.33 bits per heavy atom. The van der Waals surface area contributed by atoms with Crippen molar-refractivity contribution in [2.45, 2.75) is 31.7 Å². The molecule has 1 saturated heterocycles. The van der Waals surface area contributed by atoms with Gasteiger partial charge in [0, 0.05) is 25.7 Å². The van der Waals surface area contributed by atoms with Crippen molar-refractivity contribution in [3.63, 3.8) is 0 Å². The molecule has 82 valence electrons. The van der Waals surface area contributed by atoms with E-state index in [1.54, 1.807) is 0 Å². The van der Waals surface area contributed by atoms with Crippen LogP contribution in [-0.2, 0) is 11.2 Å². The number of anilines is 1. The Kier molecular flexibility index (Phi) is 2.32. The first-order valence-corrected chi connectivity index (χ1v) is 5.57. The Hall–Kier alpha value is -1.10. The fraction of sp³-hybridized carbons (Fsp3) is 0.800. The predicted octanol–water partition coefficient (Wildman–Crippen LogP) is 1.22. The highest BCUT2D eigenvalue weighted by molar-refractivity contribution is 5.23. The van der Waals surface area contributed by atoms with Crippen LogP contribution in [0.4, 0.5) is 6.01 Å². The average molecular weight is 209 g/mol. The van der Waals surface area contributed by atoms with Gasteiger partial charge in [0.15, 0.2) is 5.82 Å². The number of rotatable bonds is 4. The predicted molar refractivity (Wildman–Crippen MR) is 53.6 cm³/mol.